The van der Waals surface area contributed by atoms with Gasteiger partial charge in [-0.05, 0) is 25.0 Å². The lowest BCUT2D eigenvalue weighted by molar-refractivity contribution is 0.604. The van der Waals surface area contributed by atoms with Gasteiger partial charge in [-0.2, -0.15) is 5.10 Å². The first-order valence-electron chi connectivity index (χ1n) is 7.27. The summed E-state index contributed by atoms with van der Waals surface area (Å²) >= 11 is 0. The largest absolute Gasteiger partial charge is 0.338 e. The number of hydrogen-bond acceptors (Lipinski definition) is 3. The Bertz CT molecular complexity index is 641. The van der Waals surface area contributed by atoms with E-state index >= 15 is 0 Å². The van der Waals surface area contributed by atoms with E-state index in [9.17, 15) is 0 Å². The summed E-state index contributed by atoms with van der Waals surface area (Å²) in [5.41, 5.74) is 3.14. The number of H-pyrrole nitrogens is 1. The van der Waals surface area contributed by atoms with Gasteiger partial charge in [0, 0.05) is 12.2 Å². The third-order valence-corrected chi connectivity index (χ3v) is 3.70. The molecular weight excluding hydrogens is 262 g/mol. The minimum atomic E-state index is 0.502. The van der Waals surface area contributed by atoms with Crippen molar-refractivity contribution in [3.63, 3.8) is 0 Å². The first kappa shape index (κ1) is 13.7. The smallest absolute Gasteiger partial charge is 0.139 e. The standard InChI is InChI=1S/C16H21N5/c1-11(2)9-20-10-21(13-6-4-12(3)5-7-13)15(17)14-8-18-19-16(14)20/h4-8,11,17H,9-10H2,1-3H3,(H,18,19). The van der Waals surface area contributed by atoms with Crippen molar-refractivity contribution >= 4 is 17.3 Å². The number of aromatic nitrogens is 2. The molecule has 1 aliphatic heterocycles. The molecule has 0 aliphatic carbocycles. The summed E-state index contributed by atoms with van der Waals surface area (Å²) in [5, 5.41) is 15.6. The fraction of sp³-hybridized carbons (Fsp3) is 0.375. The number of rotatable bonds is 3. The van der Waals surface area contributed by atoms with Crippen LogP contribution in [0, 0.1) is 18.3 Å². The van der Waals surface area contributed by atoms with E-state index in [1.54, 1.807) is 6.20 Å². The van der Waals surface area contributed by atoms with Gasteiger partial charge < -0.3 is 9.80 Å². The van der Waals surface area contributed by atoms with Crippen molar-refractivity contribution in [2.24, 2.45) is 5.92 Å². The van der Waals surface area contributed by atoms with Crippen LogP contribution in [0.4, 0.5) is 11.5 Å². The van der Waals surface area contributed by atoms with Crippen LogP contribution in [-0.4, -0.2) is 29.2 Å². The summed E-state index contributed by atoms with van der Waals surface area (Å²) in [4.78, 5) is 4.28. The molecule has 5 heteroatoms. The van der Waals surface area contributed by atoms with E-state index < -0.39 is 0 Å². The summed E-state index contributed by atoms with van der Waals surface area (Å²) in [6, 6.07) is 8.31. The van der Waals surface area contributed by atoms with Crippen molar-refractivity contribution in [2.45, 2.75) is 20.8 Å². The van der Waals surface area contributed by atoms with E-state index in [1.807, 2.05) is 4.90 Å². The van der Waals surface area contributed by atoms with Crippen LogP contribution in [-0.2, 0) is 0 Å². The van der Waals surface area contributed by atoms with Gasteiger partial charge in [0.05, 0.1) is 18.4 Å². The molecule has 2 aromatic rings. The topological polar surface area (TPSA) is 59.0 Å². The van der Waals surface area contributed by atoms with Crippen molar-refractivity contribution in [1.82, 2.24) is 10.2 Å². The minimum absolute atomic E-state index is 0.502. The average Bonchev–Trinajstić information content (AvgIpc) is 2.93. The monoisotopic (exact) mass is 283 g/mol. The van der Waals surface area contributed by atoms with Gasteiger partial charge in [-0.15, -0.1) is 0 Å². The normalized spacial score (nSPS) is 14.8. The van der Waals surface area contributed by atoms with E-state index in [4.69, 9.17) is 5.41 Å². The molecule has 1 aliphatic rings. The number of hydrogen-bond donors (Lipinski definition) is 2. The van der Waals surface area contributed by atoms with E-state index in [0.29, 0.717) is 18.4 Å². The molecule has 0 radical (unpaired) electrons. The van der Waals surface area contributed by atoms with Crippen molar-refractivity contribution < 1.29 is 0 Å². The van der Waals surface area contributed by atoms with Gasteiger partial charge in [0.25, 0.3) is 0 Å². The molecule has 0 amide bonds. The molecule has 2 heterocycles. The first-order valence-corrected chi connectivity index (χ1v) is 7.27. The molecule has 0 spiro atoms. The zero-order chi connectivity index (χ0) is 15.0. The molecule has 0 saturated heterocycles. The molecule has 0 bridgehead atoms. The minimum Gasteiger partial charge on any atom is -0.338 e. The lowest BCUT2D eigenvalue weighted by atomic mass is 10.1. The van der Waals surface area contributed by atoms with Crippen LogP contribution in [0.5, 0.6) is 0 Å². The Morgan fingerprint density at radius 1 is 1.29 bits per heavy atom. The van der Waals surface area contributed by atoms with Gasteiger partial charge >= 0.3 is 0 Å². The maximum Gasteiger partial charge on any atom is 0.139 e. The summed E-state index contributed by atoms with van der Waals surface area (Å²) in [6.07, 6.45) is 1.74. The molecule has 0 atom stereocenters. The Kier molecular flexibility index (Phi) is 3.41. The fourth-order valence-electron chi connectivity index (χ4n) is 2.68. The Morgan fingerprint density at radius 2 is 2.00 bits per heavy atom. The highest BCUT2D eigenvalue weighted by Crippen LogP contribution is 2.29. The first-order chi connectivity index (χ1) is 10.1. The van der Waals surface area contributed by atoms with Crippen molar-refractivity contribution in [1.29, 1.82) is 5.41 Å². The molecule has 1 aromatic heterocycles. The Labute approximate surface area is 125 Å². The number of benzene rings is 1. The van der Waals surface area contributed by atoms with Crippen LogP contribution < -0.4 is 9.80 Å². The third kappa shape index (κ3) is 2.51. The Balaban J connectivity index is 1.96. The number of aryl methyl sites for hydroxylation is 1. The van der Waals surface area contributed by atoms with Gasteiger partial charge in [0.1, 0.15) is 11.7 Å². The number of aromatic amines is 1. The highest BCUT2D eigenvalue weighted by molar-refractivity contribution is 6.12. The molecule has 1 aromatic carbocycles. The van der Waals surface area contributed by atoms with Gasteiger partial charge in [-0.3, -0.25) is 10.5 Å². The summed E-state index contributed by atoms with van der Waals surface area (Å²) in [7, 11) is 0. The van der Waals surface area contributed by atoms with Crippen molar-refractivity contribution in [3.8, 4) is 0 Å². The zero-order valence-electron chi connectivity index (χ0n) is 12.7. The number of anilines is 2. The molecular formula is C16H21N5. The van der Waals surface area contributed by atoms with Crippen LogP contribution in [0.2, 0.25) is 0 Å². The molecule has 2 N–H and O–H groups in total. The van der Waals surface area contributed by atoms with Crippen LogP contribution in [0.1, 0.15) is 25.0 Å². The van der Waals surface area contributed by atoms with E-state index in [0.717, 1.165) is 23.6 Å². The molecule has 0 unspecified atom stereocenters. The third-order valence-electron chi connectivity index (χ3n) is 3.70. The summed E-state index contributed by atoms with van der Waals surface area (Å²) < 4.78 is 0. The molecule has 0 fully saturated rings. The van der Waals surface area contributed by atoms with Crippen LogP contribution in [0.15, 0.2) is 30.5 Å². The molecule has 110 valence electrons. The molecule has 5 nitrogen and oxygen atoms in total. The second-order valence-corrected chi connectivity index (χ2v) is 6.00. The predicted molar refractivity (Wildman–Crippen MR) is 86.1 cm³/mol. The second-order valence-electron chi connectivity index (χ2n) is 6.00. The second kappa shape index (κ2) is 5.24. The molecule has 3 rings (SSSR count). The molecule has 21 heavy (non-hydrogen) atoms. The molecule has 0 saturated carbocycles. The van der Waals surface area contributed by atoms with Crippen LogP contribution >= 0.6 is 0 Å². The van der Waals surface area contributed by atoms with Crippen molar-refractivity contribution in [3.05, 3.63) is 41.6 Å². The highest BCUT2D eigenvalue weighted by Gasteiger charge is 2.29. The average molecular weight is 283 g/mol. The maximum atomic E-state index is 8.45. The van der Waals surface area contributed by atoms with Crippen LogP contribution in [0.3, 0.4) is 0 Å². The van der Waals surface area contributed by atoms with Crippen LogP contribution in [0.25, 0.3) is 0 Å². The maximum absolute atomic E-state index is 8.45. The Morgan fingerprint density at radius 3 is 2.67 bits per heavy atom. The van der Waals surface area contributed by atoms with E-state index in [2.05, 4.69) is 60.1 Å². The van der Waals surface area contributed by atoms with Gasteiger partial charge in [-0.25, -0.2) is 0 Å². The SMILES string of the molecule is Cc1ccc(N2CN(CC(C)C)c3[nH]ncc3C2=N)cc1. The number of fused-ring (bicyclic) bond motifs is 1. The van der Waals surface area contributed by atoms with E-state index in [-0.39, 0.29) is 0 Å². The summed E-state index contributed by atoms with van der Waals surface area (Å²) in [5.74, 6) is 2.01. The Hall–Kier alpha value is -2.30. The lowest BCUT2D eigenvalue weighted by Crippen LogP contribution is -2.48. The number of amidine groups is 1. The number of nitrogens with zero attached hydrogens (tertiary/aromatic N) is 3. The number of nitrogens with one attached hydrogen (secondary N) is 2. The fourth-order valence-corrected chi connectivity index (χ4v) is 2.68. The van der Waals surface area contributed by atoms with Crippen molar-refractivity contribution in [2.75, 3.05) is 23.0 Å². The van der Waals surface area contributed by atoms with Gasteiger partial charge in [0.2, 0.25) is 0 Å². The summed E-state index contributed by atoms with van der Waals surface area (Å²) in [6.45, 7) is 8.09. The highest BCUT2D eigenvalue weighted by atomic mass is 15.4. The lowest BCUT2D eigenvalue weighted by Gasteiger charge is -2.38. The van der Waals surface area contributed by atoms with Gasteiger partial charge in [0.15, 0.2) is 0 Å². The van der Waals surface area contributed by atoms with E-state index in [1.165, 1.54) is 5.56 Å². The van der Waals surface area contributed by atoms with Gasteiger partial charge in [-0.1, -0.05) is 31.5 Å². The zero-order valence-corrected chi connectivity index (χ0v) is 12.7. The quantitative estimate of drug-likeness (QED) is 0.910. The predicted octanol–water partition coefficient (Wildman–Crippen LogP) is 2.98.